The number of para-hydroxylation sites is 1. The molecule has 2 heterocycles. The fourth-order valence-electron chi connectivity index (χ4n) is 2.84. The van der Waals surface area contributed by atoms with Crippen LogP contribution in [0.15, 0.2) is 53.7 Å². The molecule has 5 nitrogen and oxygen atoms in total. The van der Waals surface area contributed by atoms with E-state index in [9.17, 15) is 4.79 Å². The van der Waals surface area contributed by atoms with Gasteiger partial charge in [0.15, 0.2) is 11.0 Å². The molecule has 0 bridgehead atoms. The molecule has 0 amide bonds. The molecule has 0 N–H and O–H groups in total. The Hall–Kier alpha value is -2.31. The van der Waals surface area contributed by atoms with Crippen LogP contribution in [0.2, 0.25) is 5.02 Å². The van der Waals surface area contributed by atoms with E-state index in [2.05, 4.69) is 10.2 Å². The summed E-state index contributed by atoms with van der Waals surface area (Å²) < 4.78 is 7.01. The lowest BCUT2D eigenvalue weighted by Gasteiger charge is -2.12. The number of halogens is 1. The molecule has 0 aliphatic carbocycles. The molecule has 4 rings (SSSR count). The van der Waals surface area contributed by atoms with Crippen LogP contribution in [-0.2, 0) is 9.53 Å². The van der Waals surface area contributed by atoms with E-state index in [4.69, 9.17) is 16.3 Å². The summed E-state index contributed by atoms with van der Waals surface area (Å²) in [6.45, 7) is 2.44. The predicted molar refractivity (Wildman–Crippen MR) is 102 cm³/mol. The molecule has 7 heteroatoms. The van der Waals surface area contributed by atoms with Gasteiger partial charge >= 0.3 is 5.97 Å². The van der Waals surface area contributed by atoms with Crippen molar-refractivity contribution in [1.82, 2.24) is 14.8 Å². The van der Waals surface area contributed by atoms with E-state index in [1.165, 1.54) is 11.8 Å². The van der Waals surface area contributed by atoms with Crippen molar-refractivity contribution in [3.05, 3.63) is 59.1 Å². The maximum absolute atomic E-state index is 11.9. The standard InChI is InChI=1S/C19H16ClN3O2S/c1-12-7-8-14(15(20)11-12)17-21-22-19(26-16-9-10-25-18(16)24)23(17)13-5-3-2-4-6-13/h2-8,11,16H,9-10H2,1H3. The van der Waals surface area contributed by atoms with Gasteiger partial charge in [0, 0.05) is 17.7 Å². The van der Waals surface area contributed by atoms with Gasteiger partial charge in [0.2, 0.25) is 0 Å². The Bertz CT molecular complexity index is 959. The largest absolute Gasteiger partial charge is 0.465 e. The number of cyclic esters (lactones) is 1. The number of nitrogens with zero attached hydrogens (tertiary/aromatic N) is 3. The summed E-state index contributed by atoms with van der Waals surface area (Å²) >= 11 is 7.84. The highest BCUT2D eigenvalue weighted by atomic mass is 35.5. The molecule has 1 unspecified atom stereocenters. The summed E-state index contributed by atoms with van der Waals surface area (Å²) in [4.78, 5) is 11.9. The van der Waals surface area contributed by atoms with Gasteiger partial charge in [-0.3, -0.25) is 9.36 Å². The first-order valence-corrected chi connectivity index (χ1v) is 9.50. The number of hydrogen-bond donors (Lipinski definition) is 0. The maximum atomic E-state index is 11.9. The van der Waals surface area contributed by atoms with Gasteiger partial charge in [-0.25, -0.2) is 0 Å². The molecule has 0 radical (unpaired) electrons. The predicted octanol–water partition coefficient (Wildman–Crippen LogP) is 4.30. The fourth-order valence-corrected chi connectivity index (χ4v) is 4.18. The number of aromatic nitrogens is 3. The third-order valence-corrected chi connectivity index (χ3v) is 5.65. The lowest BCUT2D eigenvalue weighted by atomic mass is 10.1. The Kier molecular flexibility index (Phi) is 4.70. The van der Waals surface area contributed by atoms with Crippen LogP contribution in [0.5, 0.6) is 0 Å². The zero-order chi connectivity index (χ0) is 18.1. The maximum Gasteiger partial charge on any atom is 0.319 e. The van der Waals surface area contributed by atoms with Gasteiger partial charge in [0.1, 0.15) is 5.25 Å². The van der Waals surface area contributed by atoms with E-state index in [1.54, 1.807) is 0 Å². The van der Waals surface area contributed by atoms with Crippen LogP contribution in [0.4, 0.5) is 0 Å². The van der Waals surface area contributed by atoms with Gasteiger partial charge in [0.25, 0.3) is 0 Å². The van der Waals surface area contributed by atoms with Crippen LogP contribution < -0.4 is 0 Å². The number of benzene rings is 2. The third kappa shape index (κ3) is 3.22. The Morgan fingerprint density at radius 1 is 1.19 bits per heavy atom. The molecule has 26 heavy (non-hydrogen) atoms. The molecule has 1 saturated heterocycles. The second kappa shape index (κ2) is 7.13. The van der Waals surface area contributed by atoms with E-state index >= 15 is 0 Å². The molecule has 0 saturated carbocycles. The Morgan fingerprint density at radius 2 is 2.00 bits per heavy atom. The van der Waals surface area contributed by atoms with E-state index in [0.29, 0.717) is 29.0 Å². The average molecular weight is 386 g/mol. The van der Waals surface area contributed by atoms with Gasteiger partial charge in [-0.1, -0.05) is 47.6 Å². The van der Waals surface area contributed by atoms with Crippen molar-refractivity contribution in [2.45, 2.75) is 23.8 Å². The molecule has 1 aromatic heterocycles. The highest BCUT2D eigenvalue weighted by Crippen LogP contribution is 2.35. The smallest absolute Gasteiger partial charge is 0.319 e. The molecule has 1 aliphatic rings. The van der Waals surface area contributed by atoms with Gasteiger partial charge < -0.3 is 4.74 Å². The van der Waals surface area contributed by atoms with Crippen LogP contribution in [0.1, 0.15) is 12.0 Å². The van der Waals surface area contributed by atoms with Crippen LogP contribution in [-0.4, -0.2) is 32.6 Å². The summed E-state index contributed by atoms with van der Waals surface area (Å²) in [5.74, 6) is 0.447. The SMILES string of the molecule is Cc1ccc(-c2nnc(SC3CCOC3=O)n2-c2ccccc2)c(Cl)c1. The minimum Gasteiger partial charge on any atom is -0.465 e. The monoisotopic (exact) mass is 385 g/mol. The quantitative estimate of drug-likeness (QED) is 0.626. The minimum atomic E-state index is -0.261. The molecule has 0 spiro atoms. The molecule has 1 fully saturated rings. The van der Waals surface area contributed by atoms with Gasteiger partial charge in [-0.2, -0.15) is 0 Å². The molecular weight excluding hydrogens is 370 g/mol. The number of rotatable bonds is 4. The summed E-state index contributed by atoms with van der Waals surface area (Å²) in [5, 5.41) is 9.72. The van der Waals surface area contributed by atoms with Gasteiger partial charge in [0.05, 0.1) is 11.6 Å². The minimum absolute atomic E-state index is 0.201. The molecule has 1 aliphatic heterocycles. The number of aryl methyl sites for hydroxylation is 1. The van der Waals surface area contributed by atoms with Crippen molar-refractivity contribution in [2.24, 2.45) is 0 Å². The first-order valence-electron chi connectivity index (χ1n) is 8.24. The van der Waals surface area contributed by atoms with Crippen LogP contribution in [0.25, 0.3) is 17.1 Å². The molecule has 3 aromatic rings. The van der Waals surface area contributed by atoms with Crippen LogP contribution in [0, 0.1) is 6.92 Å². The second-order valence-electron chi connectivity index (χ2n) is 6.02. The summed E-state index contributed by atoms with van der Waals surface area (Å²) in [5.41, 5.74) is 2.79. The first-order chi connectivity index (χ1) is 12.6. The number of carbonyl (C=O) groups is 1. The molecule has 2 aromatic carbocycles. The average Bonchev–Trinajstić information content (AvgIpc) is 3.23. The molecule has 1 atom stereocenters. The first kappa shape index (κ1) is 17.1. The zero-order valence-corrected chi connectivity index (χ0v) is 15.6. The lowest BCUT2D eigenvalue weighted by molar-refractivity contribution is -0.137. The lowest BCUT2D eigenvalue weighted by Crippen LogP contribution is -2.11. The topological polar surface area (TPSA) is 57.0 Å². The van der Waals surface area contributed by atoms with E-state index in [1.807, 2.05) is 60.0 Å². The van der Waals surface area contributed by atoms with Crippen molar-refractivity contribution in [3.8, 4) is 17.1 Å². The number of carbonyl (C=O) groups excluding carboxylic acids is 1. The van der Waals surface area contributed by atoms with Crippen molar-refractivity contribution in [1.29, 1.82) is 0 Å². The number of ether oxygens (including phenoxy) is 1. The fraction of sp³-hybridized carbons (Fsp3) is 0.211. The number of thioether (sulfide) groups is 1. The Balaban J connectivity index is 1.83. The normalized spacial score (nSPS) is 16.7. The van der Waals surface area contributed by atoms with Gasteiger partial charge in [-0.05, 0) is 36.8 Å². The summed E-state index contributed by atoms with van der Waals surface area (Å²) in [6, 6.07) is 15.7. The second-order valence-corrected chi connectivity index (χ2v) is 7.60. The molecule has 132 valence electrons. The van der Waals surface area contributed by atoms with Gasteiger partial charge in [-0.15, -0.1) is 10.2 Å². The highest BCUT2D eigenvalue weighted by Gasteiger charge is 2.30. The van der Waals surface area contributed by atoms with Crippen molar-refractivity contribution < 1.29 is 9.53 Å². The van der Waals surface area contributed by atoms with E-state index in [-0.39, 0.29) is 11.2 Å². The number of esters is 1. The van der Waals surface area contributed by atoms with Crippen LogP contribution in [0.3, 0.4) is 0 Å². The van der Waals surface area contributed by atoms with E-state index < -0.39 is 0 Å². The van der Waals surface area contributed by atoms with Crippen molar-refractivity contribution in [2.75, 3.05) is 6.61 Å². The summed E-state index contributed by atoms with van der Waals surface area (Å²) in [7, 11) is 0. The zero-order valence-electron chi connectivity index (χ0n) is 14.1. The highest BCUT2D eigenvalue weighted by molar-refractivity contribution is 8.00. The van der Waals surface area contributed by atoms with Crippen molar-refractivity contribution in [3.63, 3.8) is 0 Å². The van der Waals surface area contributed by atoms with E-state index in [0.717, 1.165) is 16.8 Å². The Labute approximate surface area is 160 Å². The third-order valence-electron chi connectivity index (χ3n) is 4.15. The Morgan fingerprint density at radius 3 is 2.69 bits per heavy atom. The summed E-state index contributed by atoms with van der Waals surface area (Å²) in [6.07, 6.45) is 0.672. The molecular formula is C19H16ClN3O2S. The van der Waals surface area contributed by atoms with Crippen LogP contribution >= 0.6 is 23.4 Å². The number of hydrogen-bond acceptors (Lipinski definition) is 5. The van der Waals surface area contributed by atoms with Crippen molar-refractivity contribution >= 4 is 29.3 Å².